The minimum absolute atomic E-state index is 0.00156. The van der Waals surface area contributed by atoms with E-state index in [4.69, 9.17) is 0 Å². The van der Waals surface area contributed by atoms with E-state index >= 15 is 0 Å². The number of rotatable bonds is 4. The molecule has 6 nitrogen and oxygen atoms in total. The number of nitrogens with zero attached hydrogens (tertiary/aromatic N) is 2. The molecule has 2 heterocycles. The van der Waals surface area contributed by atoms with E-state index in [2.05, 4.69) is 33.8 Å². The van der Waals surface area contributed by atoms with Crippen LogP contribution in [0.1, 0.15) is 17.2 Å². The minimum atomic E-state index is -0.449. The first-order valence-electron chi connectivity index (χ1n) is 6.89. The summed E-state index contributed by atoms with van der Waals surface area (Å²) in [7, 11) is 0. The number of hydrogen-bond acceptors (Lipinski definition) is 5. The average Bonchev–Trinajstić information content (AvgIpc) is 2.53. The van der Waals surface area contributed by atoms with Gasteiger partial charge < -0.3 is 10.6 Å². The fourth-order valence-electron chi connectivity index (χ4n) is 2.58. The number of fused-ring (bicyclic) bond motifs is 1. The second-order valence-corrected chi connectivity index (χ2v) is 5.00. The summed E-state index contributed by atoms with van der Waals surface area (Å²) in [4.78, 5) is 14.2. The normalized spacial score (nSPS) is 17.0. The van der Waals surface area contributed by atoms with Crippen molar-refractivity contribution in [2.24, 2.45) is 0 Å². The molecule has 2 aromatic rings. The first kappa shape index (κ1) is 13.5. The van der Waals surface area contributed by atoms with E-state index in [9.17, 15) is 10.1 Å². The number of benzene rings is 1. The van der Waals surface area contributed by atoms with E-state index in [1.54, 1.807) is 6.07 Å². The molecule has 0 spiro atoms. The van der Waals surface area contributed by atoms with Gasteiger partial charge in [-0.2, -0.15) is 0 Å². The lowest BCUT2D eigenvalue weighted by atomic mass is 9.94. The summed E-state index contributed by atoms with van der Waals surface area (Å²) in [5, 5.41) is 17.3. The van der Waals surface area contributed by atoms with E-state index in [0.717, 1.165) is 13.0 Å². The van der Waals surface area contributed by atoms with Crippen molar-refractivity contribution in [2.45, 2.75) is 12.5 Å². The van der Waals surface area contributed by atoms with Gasteiger partial charge in [-0.1, -0.05) is 24.3 Å². The van der Waals surface area contributed by atoms with Gasteiger partial charge in [-0.25, -0.2) is 4.98 Å². The van der Waals surface area contributed by atoms with Crippen molar-refractivity contribution in [3.8, 4) is 0 Å². The molecule has 1 aliphatic rings. The van der Waals surface area contributed by atoms with Gasteiger partial charge in [0.1, 0.15) is 12.0 Å². The molecule has 2 N–H and O–H groups in total. The van der Waals surface area contributed by atoms with Crippen molar-refractivity contribution in [2.75, 3.05) is 18.4 Å². The van der Waals surface area contributed by atoms with E-state index < -0.39 is 4.92 Å². The van der Waals surface area contributed by atoms with Crippen LogP contribution in [-0.2, 0) is 6.42 Å². The maximum Gasteiger partial charge on any atom is 0.287 e. The first-order chi connectivity index (χ1) is 10.2. The fraction of sp³-hybridized carbons (Fsp3) is 0.267. The molecule has 6 heteroatoms. The van der Waals surface area contributed by atoms with E-state index in [-0.39, 0.29) is 11.7 Å². The fourth-order valence-corrected chi connectivity index (χ4v) is 2.58. The second kappa shape index (κ2) is 5.88. The van der Waals surface area contributed by atoms with Crippen LogP contribution >= 0.6 is 0 Å². The zero-order valence-electron chi connectivity index (χ0n) is 11.5. The Morgan fingerprint density at radius 1 is 1.33 bits per heavy atom. The SMILES string of the molecule is O=[N+]([O-])c1ccc(NCC2NCCc3ccccc32)nc1. The van der Waals surface area contributed by atoms with Gasteiger partial charge in [0.15, 0.2) is 0 Å². The van der Waals surface area contributed by atoms with Crippen molar-refractivity contribution in [3.63, 3.8) is 0 Å². The Morgan fingerprint density at radius 3 is 2.95 bits per heavy atom. The van der Waals surface area contributed by atoms with Crippen LogP contribution in [0.5, 0.6) is 0 Å². The Kier molecular flexibility index (Phi) is 3.79. The predicted molar refractivity (Wildman–Crippen MR) is 80.3 cm³/mol. The Labute approximate surface area is 122 Å². The number of nitrogens with one attached hydrogen (secondary N) is 2. The Bertz CT molecular complexity index is 642. The third-order valence-electron chi connectivity index (χ3n) is 3.66. The van der Waals surface area contributed by atoms with Crippen molar-refractivity contribution < 1.29 is 4.92 Å². The molecular formula is C15H16N4O2. The van der Waals surface area contributed by atoms with E-state index in [1.165, 1.54) is 23.4 Å². The highest BCUT2D eigenvalue weighted by Crippen LogP contribution is 2.23. The van der Waals surface area contributed by atoms with Crippen molar-refractivity contribution >= 4 is 11.5 Å². The van der Waals surface area contributed by atoms with Crippen molar-refractivity contribution in [3.05, 3.63) is 63.8 Å². The third-order valence-corrected chi connectivity index (χ3v) is 3.66. The highest BCUT2D eigenvalue weighted by atomic mass is 16.6. The molecule has 21 heavy (non-hydrogen) atoms. The summed E-state index contributed by atoms with van der Waals surface area (Å²) in [6, 6.07) is 11.7. The summed E-state index contributed by atoms with van der Waals surface area (Å²) >= 11 is 0. The van der Waals surface area contributed by atoms with Crippen LogP contribution in [0.25, 0.3) is 0 Å². The van der Waals surface area contributed by atoms with Crippen LogP contribution < -0.4 is 10.6 Å². The van der Waals surface area contributed by atoms with Crippen LogP contribution in [0, 0.1) is 10.1 Å². The maximum absolute atomic E-state index is 10.6. The summed E-state index contributed by atoms with van der Waals surface area (Å²) < 4.78 is 0. The number of hydrogen-bond donors (Lipinski definition) is 2. The third kappa shape index (κ3) is 3.00. The minimum Gasteiger partial charge on any atom is -0.368 e. The molecule has 0 fully saturated rings. The van der Waals surface area contributed by atoms with Gasteiger partial charge in [-0.3, -0.25) is 10.1 Å². The summed E-state index contributed by atoms with van der Waals surface area (Å²) in [5.74, 6) is 0.644. The zero-order valence-corrected chi connectivity index (χ0v) is 11.5. The smallest absolute Gasteiger partial charge is 0.287 e. The molecule has 0 bridgehead atoms. The monoisotopic (exact) mass is 284 g/mol. The van der Waals surface area contributed by atoms with Gasteiger partial charge in [-0.05, 0) is 30.2 Å². The van der Waals surface area contributed by atoms with Crippen LogP contribution in [-0.4, -0.2) is 23.0 Å². The molecule has 0 saturated heterocycles. The average molecular weight is 284 g/mol. The van der Waals surface area contributed by atoms with Crippen LogP contribution in [0.15, 0.2) is 42.6 Å². The van der Waals surface area contributed by atoms with Gasteiger partial charge in [0.2, 0.25) is 0 Å². The highest BCUT2D eigenvalue weighted by Gasteiger charge is 2.18. The molecule has 1 aliphatic heterocycles. The largest absolute Gasteiger partial charge is 0.368 e. The molecule has 3 rings (SSSR count). The molecular weight excluding hydrogens is 268 g/mol. The van der Waals surface area contributed by atoms with E-state index in [1.807, 2.05) is 6.07 Å². The predicted octanol–water partition coefficient (Wildman–Crippen LogP) is 2.29. The lowest BCUT2D eigenvalue weighted by molar-refractivity contribution is -0.385. The lowest BCUT2D eigenvalue weighted by Crippen LogP contribution is -2.34. The Hall–Kier alpha value is -2.47. The van der Waals surface area contributed by atoms with E-state index in [0.29, 0.717) is 12.4 Å². The standard InChI is InChI=1S/C15H16N4O2/c20-19(21)12-5-6-15(17-9-12)18-10-14-13-4-2-1-3-11(13)7-8-16-14/h1-6,9,14,16H,7-8,10H2,(H,17,18). The maximum atomic E-state index is 10.6. The molecule has 0 saturated carbocycles. The van der Waals surface area contributed by atoms with Gasteiger partial charge in [0.25, 0.3) is 5.69 Å². The molecule has 0 amide bonds. The van der Waals surface area contributed by atoms with Crippen LogP contribution in [0.2, 0.25) is 0 Å². The van der Waals surface area contributed by atoms with Gasteiger partial charge in [0.05, 0.1) is 4.92 Å². The van der Waals surface area contributed by atoms with Crippen LogP contribution in [0.4, 0.5) is 11.5 Å². The molecule has 0 aliphatic carbocycles. The molecule has 0 radical (unpaired) electrons. The lowest BCUT2D eigenvalue weighted by Gasteiger charge is -2.27. The first-order valence-corrected chi connectivity index (χ1v) is 6.89. The molecule has 1 aromatic heterocycles. The number of pyridine rings is 1. The number of aromatic nitrogens is 1. The molecule has 1 atom stereocenters. The zero-order chi connectivity index (χ0) is 14.7. The summed E-state index contributed by atoms with van der Waals surface area (Å²) in [6.45, 7) is 1.65. The quantitative estimate of drug-likeness (QED) is 0.665. The Morgan fingerprint density at radius 2 is 2.19 bits per heavy atom. The number of nitro groups is 1. The molecule has 1 aromatic carbocycles. The number of anilines is 1. The van der Waals surface area contributed by atoms with Gasteiger partial charge in [0, 0.05) is 18.7 Å². The second-order valence-electron chi connectivity index (χ2n) is 5.00. The topological polar surface area (TPSA) is 80.1 Å². The molecule has 1 unspecified atom stereocenters. The summed E-state index contributed by atoms with van der Waals surface area (Å²) in [6.07, 6.45) is 2.31. The Balaban J connectivity index is 1.67. The van der Waals surface area contributed by atoms with Gasteiger partial charge >= 0.3 is 0 Å². The van der Waals surface area contributed by atoms with Gasteiger partial charge in [-0.15, -0.1) is 0 Å². The van der Waals surface area contributed by atoms with Crippen LogP contribution in [0.3, 0.4) is 0 Å². The summed E-state index contributed by atoms with van der Waals surface area (Å²) in [5.41, 5.74) is 2.68. The highest BCUT2D eigenvalue weighted by molar-refractivity contribution is 5.41. The van der Waals surface area contributed by atoms with Crippen molar-refractivity contribution in [1.82, 2.24) is 10.3 Å². The van der Waals surface area contributed by atoms with Crippen molar-refractivity contribution in [1.29, 1.82) is 0 Å². The molecule has 108 valence electrons.